The molecule has 0 aromatic heterocycles. The summed E-state index contributed by atoms with van der Waals surface area (Å²) in [5.74, 6) is 0. The van der Waals surface area contributed by atoms with Gasteiger partial charge in [0.05, 0.1) is 0 Å². The van der Waals surface area contributed by atoms with Crippen molar-refractivity contribution < 1.29 is 0 Å². The zero-order chi connectivity index (χ0) is 9.68. The summed E-state index contributed by atoms with van der Waals surface area (Å²) in [6.45, 7) is 5.97. The first kappa shape index (κ1) is 9.85. The Labute approximate surface area is 80.3 Å². The van der Waals surface area contributed by atoms with Crippen molar-refractivity contribution in [1.29, 1.82) is 0 Å². The summed E-state index contributed by atoms with van der Waals surface area (Å²) in [7, 11) is 0. The minimum absolute atomic E-state index is 0.673. The van der Waals surface area contributed by atoms with Gasteiger partial charge in [-0.05, 0) is 24.0 Å². The molecule has 0 saturated heterocycles. The van der Waals surface area contributed by atoms with E-state index < -0.39 is 0 Å². The molecule has 0 unspecified atom stereocenters. The topological polar surface area (TPSA) is 26.0 Å². The van der Waals surface area contributed by atoms with Crippen LogP contribution >= 0.6 is 0 Å². The molecule has 0 aliphatic rings. The van der Waals surface area contributed by atoms with E-state index in [0.717, 1.165) is 12.0 Å². The fourth-order valence-corrected chi connectivity index (χ4v) is 1.42. The maximum Gasteiger partial charge on any atom is 0.0317 e. The van der Waals surface area contributed by atoms with Gasteiger partial charge in [-0.1, -0.05) is 44.2 Å². The van der Waals surface area contributed by atoms with Crippen molar-refractivity contribution in [3.8, 4) is 0 Å². The molecular weight excluding hydrogens is 158 g/mol. The Morgan fingerprint density at radius 3 is 2.69 bits per heavy atom. The first-order valence-corrected chi connectivity index (χ1v) is 4.78. The number of hydrogen-bond donors (Lipinski definition) is 1. The van der Waals surface area contributed by atoms with Gasteiger partial charge in [-0.3, -0.25) is 0 Å². The van der Waals surface area contributed by atoms with Crippen molar-refractivity contribution >= 4 is 5.70 Å². The van der Waals surface area contributed by atoms with Crippen molar-refractivity contribution in [1.82, 2.24) is 0 Å². The van der Waals surface area contributed by atoms with E-state index >= 15 is 0 Å². The number of aryl methyl sites for hydroxylation is 1. The normalized spacial score (nSPS) is 9.92. The fourth-order valence-electron chi connectivity index (χ4n) is 1.42. The molecule has 0 atom stereocenters. The van der Waals surface area contributed by atoms with Gasteiger partial charge in [-0.25, -0.2) is 0 Å². The van der Waals surface area contributed by atoms with E-state index in [2.05, 4.69) is 25.6 Å². The maximum atomic E-state index is 5.69. The molecule has 1 aromatic carbocycles. The first-order valence-electron chi connectivity index (χ1n) is 4.78. The van der Waals surface area contributed by atoms with Crippen LogP contribution in [0.1, 0.15) is 30.9 Å². The zero-order valence-corrected chi connectivity index (χ0v) is 8.22. The quantitative estimate of drug-likeness (QED) is 0.748. The molecule has 13 heavy (non-hydrogen) atoms. The predicted molar refractivity (Wildman–Crippen MR) is 58.3 cm³/mol. The smallest absolute Gasteiger partial charge is 0.0317 e. The van der Waals surface area contributed by atoms with Gasteiger partial charge in [-0.15, -0.1) is 0 Å². The van der Waals surface area contributed by atoms with E-state index in [1.807, 2.05) is 12.1 Å². The highest BCUT2D eigenvalue weighted by Crippen LogP contribution is 2.15. The molecule has 0 heterocycles. The molecule has 0 fully saturated rings. The third-order valence-electron chi connectivity index (χ3n) is 2.16. The van der Waals surface area contributed by atoms with Crippen LogP contribution in [-0.4, -0.2) is 0 Å². The Balaban J connectivity index is 2.84. The van der Waals surface area contributed by atoms with Crippen LogP contribution in [0.3, 0.4) is 0 Å². The van der Waals surface area contributed by atoms with E-state index in [-0.39, 0.29) is 0 Å². The summed E-state index contributed by atoms with van der Waals surface area (Å²) in [6.07, 6.45) is 3.53. The predicted octanol–water partition coefficient (Wildman–Crippen LogP) is 2.96. The number of nitrogens with two attached hydrogens (primary N) is 1. The van der Waals surface area contributed by atoms with E-state index in [4.69, 9.17) is 5.73 Å². The van der Waals surface area contributed by atoms with E-state index in [9.17, 15) is 0 Å². The van der Waals surface area contributed by atoms with Crippen molar-refractivity contribution in [2.24, 2.45) is 5.73 Å². The first-order chi connectivity index (χ1) is 6.25. The van der Waals surface area contributed by atoms with Gasteiger partial charge in [0.1, 0.15) is 0 Å². The van der Waals surface area contributed by atoms with Crippen LogP contribution in [0.15, 0.2) is 30.8 Å². The lowest BCUT2D eigenvalue weighted by Crippen LogP contribution is -1.99. The van der Waals surface area contributed by atoms with E-state index in [1.165, 1.54) is 18.4 Å². The summed E-state index contributed by atoms with van der Waals surface area (Å²) in [6, 6.07) is 8.22. The standard InChI is InChI=1S/C12H17N/c1-3-4-7-11-8-5-6-9-12(11)10(2)13/h5-6,8-9H,2-4,7,13H2,1H3. The highest BCUT2D eigenvalue weighted by atomic mass is 14.6. The van der Waals surface area contributed by atoms with Crippen LogP contribution < -0.4 is 5.73 Å². The molecule has 0 spiro atoms. The van der Waals surface area contributed by atoms with Crippen molar-refractivity contribution in [3.63, 3.8) is 0 Å². The lowest BCUT2D eigenvalue weighted by molar-refractivity contribution is 0.793. The van der Waals surface area contributed by atoms with E-state index in [0.29, 0.717) is 5.70 Å². The van der Waals surface area contributed by atoms with Gasteiger partial charge in [0.25, 0.3) is 0 Å². The highest BCUT2D eigenvalue weighted by molar-refractivity contribution is 5.63. The largest absolute Gasteiger partial charge is 0.399 e. The Hall–Kier alpha value is -1.24. The van der Waals surface area contributed by atoms with Crippen LogP contribution in [0, 0.1) is 0 Å². The Morgan fingerprint density at radius 1 is 1.38 bits per heavy atom. The zero-order valence-electron chi connectivity index (χ0n) is 8.22. The molecule has 1 nitrogen and oxygen atoms in total. The molecule has 1 aromatic rings. The van der Waals surface area contributed by atoms with Crippen molar-refractivity contribution in [2.45, 2.75) is 26.2 Å². The maximum absolute atomic E-state index is 5.69. The molecule has 0 aliphatic carbocycles. The second-order valence-electron chi connectivity index (χ2n) is 3.29. The van der Waals surface area contributed by atoms with Crippen LogP contribution in [-0.2, 0) is 6.42 Å². The summed E-state index contributed by atoms with van der Waals surface area (Å²) < 4.78 is 0. The highest BCUT2D eigenvalue weighted by Gasteiger charge is 2.01. The van der Waals surface area contributed by atoms with Gasteiger partial charge in [0, 0.05) is 5.70 Å². The third-order valence-corrected chi connectivity index (χ3v) is 2.16. The van der Waals surface area contributed by atoms with Gasteiger partial charge in [0.2, 0.25) is 0 Å². The minimum Gasteiger partial charge on any atom is -0.399 e. The molecule has 2 N–H and O–H groups in total. The Morgan fingerprint density at radius 2 is 2.08 bits per heavy atom. The molecule has 1 heteroatoms. The summed E-state index contributed by atoms with van der Waals surface area (Å²) in [5.41, 5.74) is 8.79. The van der Waals surface area contributed by atoms with E-state index in [1.54, 1.807) is 0 Å². The van der Waals surface area contributed by atoms with Crippen LogP contribution in [0.5, 0.6) is 0 Å². The monoisotopic (exact) mass is 175 g/mol. The Bertz CT molecular complexity index is 289. The molecule has 1 rings (SSSR count). The molecule has 0 saturated carbocycles. The second kappa shape index (κ2) is 4.70. The third kappa shape index (κ3) is 2.62. The van der Waals surface area contributed by atoms with Gasteiger partial charge in [-0.2, -0.15) is 0 Å². The second-order valence-corrected chi connectivity index (χ2v) is 3.29. The molecular formula is C12H17N. The van der Waals surface area contributed by atoms with Crippen LogP contribution in [0.25, 0.3) is 5.70 Å². The van der Waals surface area contributed by atoms with Crippen molar-refractivity contribution in [3.05, 3.63) is 42.0 Å². The number of hydrogen-bond acceptors (Lipinski definition) is 1. The Kier molecular flexibility index (Phi) is 3.56. The summed E-state index contributed by atoms with van der Waals surface area (Å²) >= 11 is 0. The molecule has 0 amide bonds. The molecule has 70 valence electrons. The fraction of sp³-hybridized carbons (Fsp3) is 0.333. The lowest BCUT2D eigenvalue weighted by Gasteiger charge is -2.07. The average molecular weight is 175 g/mol. The number of rotatable bonds is 4. The minimum atomic E-state index is 0.673. The summed E-state index contributed by atoms with van der Waals surface area (Å²) in [5, 5.41) is 0. The van der Waals surface area contributed by atoms with Gasteiger partial charge >= 0.3 is 0 Å². The molecule has 0 radical (unpaired) electrons. The van der Waals surface area contributed by atoms with Crippen LogP contribution in [0.2, 0.25) is 0 Å². The number of benzene rings is 1. The molecule has 0 bridgehead atoms. The van der Waals surface area contributed by atoms with Gasteiger partial charge < -0.3 is 5.73 Å². The lowest BCUT2D eigenvalue weighted by atomic mass is 10.0. The average Bonchev–Trinajstić information content (AvgIpc) is 2.15. The molecule has 0 aliphatic heterocycles. The van der Waals surface area contributed by atoms with Crippen LogP contribution in [0.4, 0.5) is 0 Å². The SMILES string of the molecule is C=C(N)c1ccccc1CCCC. The number of unbranched alkanes of at least 4 members (excludes halogenated alkanes) is 1. The summed E-state index contributed by atoms with van der Waals surface area (Å²) in [4.78, 5) is 0. The van der Waals surface area contributed by atoms with Gasteiger partial charge in [0.15, 0.2) is 0 Å². The van der Waals surface area contributed by atoms with Crippen molar-refractivity contribution in [2.75, 3.05) is 0 Å².